The molecule has 0 spiro atoms. The fraction of sp³-hybridized carbons (Fsp3) is 0.652. The Bertz CT molecular complexity index is 749. The molecule has 5 atom stereocenters. The lowest BCUT2D eigenvalue weighted by Gasteiger charge is -2.48. The summed E-state index contributed by atoms with van der Waals surface area (Å²) in [6.07, 6.45) is 6.74. The van der Waals surface area contributed by atoms with Crippen LogP contribution >= 0.6 is 0 Å². The Hall–Kier alpha value is -2.04. The van der Waals surface area contributed by atoms with Gasteiger partial charge in [0.15, 0.2) is 0 Å². The van der Waals surface area contributed by atoms with Crippen molar-refractivity contribution in [3.8, 4) is 0 Å². The number of fused-ring (bicyclic) bond motifs is 2. The van der Waals surface area contributed by atoms with Crippen molar-refractivity contribution in [3.63, 3.8) is 0 Å². The Morgan fingerprint density at radius 2 is 1.86 bits per heavy atom. The van der Waals surface area contributed by atoms with Crippen LogP contribution in [0.1, 0.15) is 63.9 Å². The summed E-state index contributed by atoms with van der Waals surface area (Å²) in [5, 5.41) is 0. The van der Waals surface area contributed by atoms with E-state index in [1.54, 1.807) is 0 Å². The van der Waals surface area contributed by atoms with Crippen molar-refractivity contribution < 1.29 is 9.59 Å². The number of nitrogens with zero attached hydrogens (tertiary/aromatic N) is 2. The second-order valence-corrected chi connectivity index (χ2v) is 9.10. The monoisotopic (exact) mass is 383 g/mol. The largest absolute Gasteiger partial charge is 0.369 e. The van der Waals surface area contributed by atoms with E-state index in [9.17, 15) is 9.59 Å². The lowest BCUT2D eigenvalue weighted by atomic mass is 9.72. The van der Waals surface area contributed by atoms with Crippen molar-refractivity contribution in [2.24, 2.45) is 17.6 Å². The molecule has 1 aromatic rings. The predicted octanol–water partition coefficient (Wildman–Crippen LogP) is 3.28. The molecule has 2 amide bonds. The quantitative estimate of drug-likeness (QED) is 0.871. The van der Waals surface area contributed by atoms with Gasteiger partial charge in [0.25, 0.3) is 0 Å². The van der Waals surface area contributed by atoms with Gasteiger partial charge in [-0.25, -0.2) is 0 Å². The molecule has 2 fully saturated rings. The van der Waals surface area contributed by atoms with Crippen LogP contribution in [0, 0.1) is 11.8 Å². The Balaban J connectivity index is 1.55. The van der Waals surface area contributed by atoms with Crippen molar-refractivity contribution in [2.45, 2.75) is 70.4 Å². The highest BCUT2D eigenvalue weighted by Crippen LogP contribution is 2.40. The molecule has 152 valence electrons. The fourth-order valence-electron chi connectivity index (χ4n) is 5.85. The molecular weight excluding hydrogens is 350 g/mol. The molecule has 5 heteroatoms. The number of hydrogen-bond acceptors (Lipinski definition) is 3. The Labute approximate surface area is 168 Å². The average molecular weight is 384 g/mol. The molecule has 2 aliphatic heterocycles. The minimum absolute atomic E-state index is 0.113. The maximum atomic E-state index is 13.4. The van der Waals surface area contributed by atoms with E-state index in [-0.39, 0.29) is 23.8 Å². The van der Waals surface area contributed by atoms with Gasteiger partial charge in [0.05, 0.1) is 12.5 Å². The van der Waals surface area contributed by atoms with E-state index in [1.165, 1.54) is 19.3 Å². The number of anilines is 1. The number of primary amides is 1. The number of nitrogens with two attached hydrogens (primary N) is 1. The predicted molar refractivity (Wildman–Crippen MR) is 111 cm³/mol. The van der Waals surface area contributed by atoms with Crippen LogP contribution in [0.15, 0.2) is 24.3 Å². The summed E-state index contributed by atoms with van der Waals surface area (Å²) < 4.78 is 0. The number of benzene rings is 1. The number of piperidine rings is 1. The SMILES string of the molecule is C[C@@H]1CCN(C(=O)CN2c3ccccc3[C@H](C(N)=O)C[C@@H]2C)[C@@H]2CCCC[C@@H]12. The van der Waals surface area contributed by atoms with E-state index in [1.807, 2.05) is 24.3 Å². The third kappa shape index (κ3) is 3.40. The van der Waals surface area contributed by atoms with Crippen LogP contribution in [-0.4, -0.2) is 41.9 Å². The topological polar surface area (TPSA) is 66.6 Å². The fourth-order valence-corrected chi connectivity index (χ4v) is 5.85. The highest BCUT2D eigenvalue weighted by atomic mass is 16.2. The number of carbonyl (C=O) groups excluding carboxylic acids is 2. The molecule has 1 aliphatic carbocycles. The highest BCUT2D eigenvalue weighted by molar-refractivity contribution is 5.87. The van der Waals surface area contributed by atoms with Gasteiger partial charge >= 0.3 is 0 Å². The van der Waals surface area contributed by atoms with Gasteiger partial charge in [0.2, 0.25) is 11.8 Å². The Morgan fingerprint density at radius 1 is 1.11 bits per heavy atom. The zero-order valence-corrected chi connectivity index (χ0v) is 17.1. The molecule has 1 saturated heterocycles. The molecule has 0 bridgehead atoms. The summed E-state index contributed by atoms with van der Waals surface area (Å²) in [6.45, 7) is 5.73. The second-order valence-electron chi connectivity index (χ2n) is 9.10. The molecule has 0 unspecified atom stereocenters. The van der Waals surface area contributed by atoms with E-state index >= 15 is 0 Å². The number of para-hydroxylation sites is 1. The minimum atomic E-state index is -0.277. The van der Waals surface area contributed by atoms with E-state index in [0.29, 0.717) is 24.9 Å². The van der Waals surface area contributed by atoms with Gasteiger partial charge < -0.3 is 15.5 Å². The maximum Gasteiger partial charge on any atom is 0.242 e. The van der Waals surface area contributed by atoms with Crippen LogP contribution in [0.3, 0.4) is 0 Å². The number of carbonyl (C=O) groups is 2. The normalized spacial score (nSPS) is 32.4. The lowest BCUT2D eigenvalue weighted by molar-refractivity contribution is -0.137. The highest BCUT2D eigenvalue weighted by Gasteiger charge is 2.41. The van der Waals surface area contributed by atoms with Crippen molar-refractivity contribution in [2.75, 3.05) is 18.0 Å². The van der Waals surface area contributed by atoms with Crippen LogP contribution in [0.4, 0.5) is 5.69 Å². The van der Waals surface area contributed by atoms with Gasteiger partial charge in [-0.2, -0.15) is 0 Å². The smallest absolute Gasteiger partial charge is 0.242 e. The second kappa shape index (κ2) is 7.76. The first-order valence-corrected chi connectivity index (χ1v) is 10.9. The van der Waals surface area contributed by atoms with Crippen molar-refractivity contribution in [1.29, 1.82) is 0 Å². The van der Waals surface area contributed by atoms with Gasteiger partial charge in [0, 0.05) is 24.3 Å². The van der Waals surface area contributed by atoms with E-state index < -0.39 is 0 Å². The van der Waals surface area contributed by atoms with Crippen molar-refractivity contribution in [1.82, 2.24) is 4.90 Å². The third-order valence-corrected chi connectivity index (χ3v) is 7.44. The zero-order chi connectivity index (χ0) is 19.8. The average Bonchev–Trinajstić information content (AvgIpc) is 2.70. The first-order chi connectivity index (χ1) is 13.5. The molecule has 5 nitrogen and oxygen atoms in total. The summed E-state index contributed by atoms with van der Waals surface area (Å²) >= 11 is 0. The van der Waals surface area contributed by atoms with Crippen molar-refractivity contribution >= 4 is 17.5 Å². The van der Waals surface area contributed by atoms with Crippen LogP contribution in [0.5, 0.6) is 0 Å². The minimum Gasteiger partial charge on any atom is -0.369 e. The van der Waals surface area contributed by atoms with Crippen LogP contribution in [-0.2, 0) is 9.59 Å². The summed E-state index contributed by atoms with van der Waals surface area (Å²) in [5.41, 5.74) is 7.61. The molecule has 0 radical (unpaired) electrons. The van der Waals surface area contributed by atoms with Crippen LogP contribution in [0.2, 0.25) is 0 Å². The summed E-state index contributed by atoms with van der Waals surface area (Å²) in [7, 11) is 0. The number of amides is 2. The van der Waals surface area contributed by atoms with Crippen LogP contribution in [0.25, 0.3) is 0 Å². The first kappa shape index (κ1) is 19.3. The van der Waals surface area contributed by atoms with Crippen molar-refractivity contribution in [3.05, 3.63) is 29.8 Å². The summed E-state index contributed by atoms with van der Waals surface area (Å²) in [6, 6.07) is 8.46. The van der Waals surface area contributed by atoms with Gasteiger partial charge in [-0.15, -0.1) is 0 Å². The molecule has 1 aromatic carbocycles. The molecule has 28 heavy (non-hydrogen) atoms. The number of rotatable bonds is 3. The van der Waals surface area contributed by atoms with Gasteiger partial charge in [-0.3, -0.25) is 9.59 Å². The molecule has 4 rings (SSSR count). The number of hydrogen-bond donors (Lipinski definition) is 1. The molecule has 2 N–H and O–H groups in total. The summed E-state index contributed by atoms with van der Waals surface area (Å²) in [5.74, 6) is 1.08. The maximum absolute atomic E-state index is 13.4. The van der Waals surface area contributed by atoms with Gasteiger partial charge in [-0.05, 0) is 56.1 Å². The van der Waals surface area contributed by atoms with Gasteiger partial charge in [-0.1, -0.05) is 38.0 Å². The van der Waals surface area contributed by atoms with Gasteiger partial charge in [0.1, 0.15) is 0 Å². The standard InChI is InChI=1S/C23H33N3O2/c1-15-11-12-25(20-9-5-3-7-17(15)20)22(27)14-26-16(2)13-19(23(24)28)18-8-4-6-10-21(18)26/h4,6,8,10,15-17,19-20H,3,5,7,9,11-14H2,1-2H3,(H2,24,28)/t15-,16+,17+,19-,20-/m1/s1. The first-order valence-electron chi connectivity index (χ1n) is 10.9. The third-order valence-electron chi connectivity index (χ3n) is 7.44. The molecule has 3 aliphatic rings. The molecule has 2 heterocycles. The molecule has 0 aromatic heterocycles. The molecular formula is C23H33N3O2. The lowest BCUT2D eigenvalue weighted by Crippen LogP contribution is -2.56. The molecule has 1 saturated carbocycles. The Morgan fingerprint density at radius 3 is 2.64 bits per heavy atom. The number of likely N-dealkylation sites (tertiary alicyclic amines) is 1. The summed E-state index contributed by atoms with van der Waals surface area (Å²) in [4.78, 5) is 29.7. The Kier molecular flexibility index (Phi) is 5.35. The van der Waals surface area contributed by atoms with E-state index in [0.717, 1.165) is 36.6 Å². The van der Waals surface area contributed by atoms with E-state index in [4.69, 9.17) is 5.73 Å². The van der Waals surface area contributed by atoms with E-state index in [2.05, 4.69) is 23.6 Å². The van der Waals surface area contributed by atoms with Crippen LogP contribution < -0.4 is 10.6 Å². The zero-order valence-electron chi connectivity index (χ0n) is 17.1.